The van der Waals surface area contributed by atoms with Crippen LogP contribution in [0, 0.1) is 0 Å². The largest absolute Gasteiger partial charge is 0.290 e. The van der Waals surface area contributed by atoms with E-state index in [-0.39, 0.29) is 0 Å². The van der Waals surface area contributed by atoms with E-state index in [2.05, 4.69) is 75.0 Å². The van der Waals surface area contributed by atoms with Crippen LogP contribution in [0.4, 0.5) is 0 Å². The van der Waals surface area contributed by atoms with Gasteiger partial charge in [-0.2, -0.15) is 0 Å². The number of imidazole rings is 1. The van der Waals surface area contributed by atoms with Crippen molar-refractivity contribution in [3.05, 3.63) is 108 Å². The number of fused-ring (bicyclic) bond motifs is 15. The van der Waals surface area contributed by atoms with Crippen LogP contribution in [0.5, 0.6) is 0 Å². The van der Waals surface area contributed by atoms with Gasteiger partial charge in [-0.15, -0.1) is 0 Å². The molecule has 35 heavy (non-hydrogen) atoms. The zero-order chi connectivity index (χ0) is 22.7. The Bertz CT molecular complexity index is 2070. The number of aromatic nitrogens is 4. The van der Waals surface area contributed by atoms with Crippen LogP contribution in [0.15, 0.2) is 85.3 Å². The minimum atomic E-state index is 0.776. The van der Waals surface area contributed by atoms with Gasteiger partial charge in [0, 0.05) is 29.4 Å². The molecule has 0 saturated heterocycles. The maximum atomic E-state index is 5.08. The van der Waals surface area contributed by atoms with Gasteiger partial charge in [0.2, 0.25) is 0 Å². The fourth-order valence-electron chi connectivity index (χ4n) is 6.49. The number of rotatable bonds is 0. The molecule has 0 N–H and O–H groups in total. The van der Waals surface area contributed by atoms with Crippen LogP contribution in [0.25, 0.3) is 60.7 Å². The van der Waals surface area contributed by atoms with E-state index in [1.165, 1.54) is 55.3 Å². The highest BCUT2D eigenvalue weighted by atomic mass is 15.1. The van der Waals surface area contributed by atoms with E-state index in [0.717, 1.165) is 40.6 Å². The Balaban J connectivity index is 1.45. The van der Waals surface area contributed by atoms with Gasteiger partial charge in [0.1, 0.15) is 5.65 Å². The lowest BCUT2D eigenvalue weighted by Crippen LogP contribution is -1.94. The maximum absolute atomic E-state index is 5.08. The molecule has 0 bridgehead atoms. The second kappa shape index (κ2) is 6.10. The van der Waals surface area contributed by atoms with E-state index < -0.39 is 0 Å². The summed E-state index contributed by atoms with van der Waals surface area (Å²) in [5, 5.41) is 3.55. The number of hydrogen-bond donors (Lipinski definition) is 0. The molecule has 9 rings (SSSR count). The lowest BCUT2D eigenvalue weighted by molar-refractivity contribution is 1.24. The lowest BCUT2D eigenvalue weighted by Gasteiger charge is -2.13. The van der Waals surface area contributed by atoms with Crippen molar-refractivity contribution < 1.29 is 0 Å². The lowest BCUT2D eigenvalue weighted by atomic mass is 9.94. The van der Waals surface area contributed by atoms with Crippen molar-refractivity contribution in [1.82, 2.24) is 19.4 Å². The third-order valence-corrected chi connectivity index (χ3v) is 7.94. The first-order valence-corrected chi connectivity index (χ1v) is 12.0. The first kappa shape index (κ1) is 17.8. The third kappa shape index (κ3) is 2.15. The number of benzene rings is 3. The molecule has 0 spiro atoms. The summed E-state index contributed by atoms with van der Waals surface area (Å²) in [6.07, 6.45) is 7.62. The van der Waals surface area contributed by atoms with E-state index in [0.29, 0.717) is 0 Å². The quantitative estimate of drug-likeness (QED) is 0.243. The molecule has 4 aromatic heterocycles. The van der Waals surface area contributed by atoms with Crippen LogP contribution in [-0.2, 0) is 12.8 Å². The molecule has 0 amide bonds. The van der Waals surface area contributed by atoms with Crippen molar-refractivity contribution in [3.8, 4) is 22.3 Å². The molecule has 4 heterocycles. The van der Waals surface area contributed by atoms with E-state index in [1.54, 1.807) is 0 Å². The first-order valence-electron chi connectivity index (χ1n) is 12.0. The van der Waals surface area contributed by atoms with Gasteiger partial charge in [-0.05, 0) is 93.1 Å². The molecule has 0 aliphatic heterocycles. The Kier molecular flexibility index (Phi) is 3.11. The van der Waals surface area contributed by atoms with E-state index in [1.807, 2.05) is 24.7 Å². The molecule has 4 heteroatoms. The number of hydrogen-bond acceptors (Lipinski definition) is 3. The van der Waals surface area contributed by atoms with Crippen molar-refractivity contribution in [2.75, 3.05) is 0 Å². The minimum absolute atomic E-state index is 0.776. The third-order valence-electron chi connectivity index (χ3n) is 7.94. The minimum Gasteiger partial charge on any atom is -0.290 e. The molecule has 0 saturated carbocycles. The van der Waals surface area contributed by atoms with Gasteiger partial charge in [-0.3, -0.25) is 9.38 Å². The topological polar surface area (TPSA) is 43.1 Å². The fourth-order valence-corrected chi connectivity index (χ4v) is 6.49. The molecule has 0 radical (unpaired) electrons. The van der Waals surface area contributed by atoms with Crippen LogP contribution >= 0.6 is 0 Å². The second-order valence-corrected chi connectivity index (χ2v) is 9.71. The van der Waals surface area contributed by atoms with Gasteiger partial charge >= 0.3 is 0 Å². The van der Waals surface area contributed by atoms with Crippen LogP contribution in [0.1, 0.15) is 22.3 Å². The maximum Gasteiger partial charge on any atom is 0.178 e. The Labute approximate surface area is 200 Å². The molecule has 4 nitrogen and oxygen atoms in total. The SMILES string of the molecule is c1ccc2c(c1)Cc1cc3c(cc1-2)Cc1ccc2c4cnccc4n4c5cccnc5nc4c2c1-3. The predicted octanol–water partition coefficient (Wildman–Crippen LogP) is 6.73. The van der Waals surface area contributed by atoms with E-state index in [4.69, 9.17) is 4.98 Å². The average Bonchev–Trinajstić information content (AvgIpc) is 3.58. The summed E-state index contributed by atoms with van der Waals surface area (Å²) in [5.41, 5.74) is 15.0. The summed E-state index contributed by atoms with van der Waals surface area (Å²) in [6.45, 7) is 0. The van der Waals surface area contributed by atoms with Crippen molar-refractivity contribution >= 4 is 38.5 Å². The molecule has 7 aromatic rings. The second-order valence-electron chi connectivity index (χ2n) is 9.71. The molecular formula is C31H18N4. The highest BCUT2D eigenvalue weighted by Gasteiger charge is 2.28. The Morgan fingerprint density at radius 1 is 0.657 bits per heavy atom. The molecule has 2 aliphatic rings. The Morgan fingerprint density at radius 2 is 1.54 bits per heavy atom. The molecule has 0 atom stereocenters. The molecule has 162 valence electrons. The van der Waals surface area contributed by atoms with Gasteiger partial charge in [-0.1, -0.05) is 36.4 Å². The number of nitrogens with zero attached hydrogens (tertiary/aromatic N) is 4. The molecule has 0 unspecified atom stereocenters. The summed E-state index contributed by atoms with van der Waals surface area (Å²) in [7, 11) is 0. The van der Waals surface area contributed by atoms with Crippen molar-refractivity contribution in [2.45, 2.75) is 12.8 Å². The van der Waals surface area contributed by atoms with Crippen LogP contribution < -0.4 is 0 Å². The molecule has 3 aromatic carbocycles. The summed E-state index contributed by atoms with van der Waals surface area (Å²) >= 11 is 0. The first-order chi connectivity index (χ1) is 17.3. The highest BCUT2D eigenvalue weighted by molar-refractivity contribution is 6.19. The summed E-state index contributed by atoms with van der Waals surface area (Å²) in [6, 6.07) is 24.4. The van der Waals surface area contributed by atoms with Gasteiger partial charge < -0.3 is 0 Å². The molecule has 0 fully saturated rings. The molecule has 2 aliphatic carbocycles. The summed E-state index contributed by atoms with van der Waals surface area (Å²) in [5.74, 6) is 0. The van der Waals surface area contributed by atoms with Crippen molar-refractivity contribution in [2.24, 2.45) is 0 Å². The van der Waals surface area contributed by atoms with E-state index >= 15 is 0 Å². The zero-order valence-corrected chi connectivity index (χ0v) is 18.8. The van der Waals surface area contributed by atoms with Gasteiger partial charge in [0.05, 0.1) is 11.0 Å². The fraction of sp³-hybridized carbons (Fsp3) is 0.0645. The Hall–Kier alpha value is -4.57. The van der Waals surface area contributed by atoms with Gasteiger partial charge in [0.25, 0.3) is 0 Å². The van der Waals surface area contributed by atoms with Crippen LogP contribution in [0.2, 0.25) is 0 Å². The standard InChI is InChI=1S/C31H18N4/c1-2-5-21-17(4-1)12-19-15-24-20(14-23(19)21)13-18-7-8-22-25-16-32-11-9-26(25)35-27-6-3-10-33-30(27)34-31(35)29(22)28(18)24/h1-11,14-16H,12-13H2. The highest BCUT2D eigenvalue weighted by Crippen LogP contribution is 2.48. The Morgan fingerprint density at radius 3 is 2.54 bits per heavy atom. The number of pyridine rings is 3. The van der Waals surface area contributed by atoms with Crippen molar-refractivity contribution in [1.29, 1.82) is 0 Å². The van der Waals surface area contributed by atoms with Gasteiger partial charge in [-0.25, -0.2) is 9.97 Å². The summed E-state index contributed by atoms with van der Waals surface area (Å²) < 4.78 is 2.27. The normalized spacial score (nSPS) is 13.5. The van der Waals surface area contributed by atoms with Crippen LogP contribution in [-0.4, -0.2) is 19.4 Å². The smallest absolute Gasteiger partial charge is 0.178 e. The van der Waals surface area contributed by atoms with Gasteiger partial charge in [0.15, 0.2) is 5.65 Å². The van der Waals surface area contributed by atoms with E-state index in [9.17, 15) is 0 Å². The van der Waals surface area contributed by atoms with Crippen molar-refractivity contribution in [3.63, 3.8) is 0 Å². The average molecular weight is 447 g/mol. The summed E-state index contributed by atoms with van der Waals surface area (Å²) in [4.78, 5) is 14.2. The monoisotopic (exact) mass is 446 g/mol. The zero-order valence-electron chi connectivity index (χ0n) is 18.8. The molecular weight excluding hydrogens is 428 g/mol. The predicted molar refractivity (Wildman–Crippen MR) is 140 cm³/mol. The van der Waals surface area contributed by atoms with Crippen LogP contribution in [0.3, 0.4) is 0 Å².